The van der Waals surface area contributed by atoms with Gasteiger partial charge in [-0.1, -0.05) is 11.3 Å². The molecule has 3 aromatic rings. The molecule has 3 aromatic heterocycles. The number of aromatic nitrogens is 3. The molecule has 0 radical (unpaired) electrons. The molecular weight excluding hydrogens is 232 g/mol. The number of fused-ring (bicyclic) bond motifs is 1. The van der Waals surface area contributed by atoms with E-state index in [1.165, 1.54) is 11.3 Å². The summed E-state index contributed by atoms with van der Waals surface area (Å²) in [4.78, 5) is 13.8. The molecule has 0 aromatic carbocycles. The fourth-order valence-electron chi connectivity index (χ4n) is 1.69. The lowest BCUT2D eigenvalue weighted by atomic mass is 10.1. The Morgan fingerprint density at radius 2 is 2.06 bits per heavy atom. The van der Waals surface area contributed by atoms with Crippen LogP contribution in [0.5, 0.6) is 0 Å². The van der Waals surface area contributed by atoms with Crippen molar-refractivity contribution in [2.45, 2.75) is 6.92 Å². The van der Waals surface area contributed by atoms with E-state index in [1.807, 2.05) is 31.5 Å². The Morgan fingerprint density at radius 3 is 2.88 bits per heavy atom. The maximum absolute atomic E-state index is 5.66. The van der Waals surface area contributed by atoms with Gasteiger partial charge in [-0.3, -0.25) is 4.98 Å². The van der Waals surface area contributed by atoms with E-state index in [9.17, 15) is 0 Å². The van der Waals surface area contributed by atoms with Gasteiger partial charge in [0.2, 0.25) is 0 Å². The van der Waals surface area contributed by atoms with Crippen LogP contribution in [0.25, 0.3) is 21.6 Å². The highest BCUT2D eigenvalue weighted by Gasteiger charge is 2.05. The van der Waals surface area contributed by atoms with Gasteiger partial charge in [0.25, 0.3) is 0 Å². The fourth-order valence-corrected chi connectivity index (χ4v) is 2.39. The smallest absolute Gasteiger partial charge is 0.182 e. The summed E-state index contributed by atoms with van der Waals surface area (Å²) in [7, 11) is 0. The number of nitrogens with zero attached hydrogens (tertiary/aromatic N) is 3. The van der Waals surface area contributed by atoms with Gasteiger partial charge in [-0.2, -0.15) is 0 Å². The Balaban J connectivity index is 2.17. The van der Waals surface area contributed by atoms with E-state index in [1.54, 1.807) is 0 Å². The maximum atomic E-state index is 5.66. The second-order valence-electron chi connectivity index (χ2n) is 3.82. The number of thiazole rings is 1. The number of aryl methyl sites for hydroxylation is 1. The van der Waals surface area contributed by atoms with Crippen molar-refractivity contribution < 1.29 is 0 Å². The third-order valence-corrected chi connectivity index (χ3v) is 3.24. The second-order valence-corrected chi connectivity index (χ2v) is 4.83. The van der Waals surface area contributed by atoms with E-state index in [-0.39, 0.29) is 0 Å². The summed E-state index contributed by atoms with van der Waals surface area (Å²) in [5, 5.41) is 0.548. The van der Waals surface area contributed by atoms with Gasteiger partial charge in [0.05, 0.1) is 5.69 Å². The van der Waals surface area contributed by atoms with Gasteiger partial charge in [0, 0.05) is 18.0 Å². The Bertz CT molecular complexity index is 690. The molecule has 4 nitrogen and oxygen atoms in total. The molecule has 0 aliphatic heterocycles. The lowest BCUT2D eigenvalue weighted by Crippen LogP contribution is -1.86. The summed E-state index contributed by atoms with van der Waals surface area (Å²) < 4.78 is 0. The van der Waals surface area contributed by atoms with Crippen molar-refractivity contribution in [3.8, 4) is 11.3 Å². The zero-order chi connectivity index (χ0) is 11.8. The molecule has 0 saturated carbocycles. The minimum atomic E-state index is 0.548. The predicted octanol–water partition coefficient (Wildman–Crippen LogP) is 2.64. The first-order valence-electron chi connectivity index (χ1n) is 5.17. The van der Waals surface area contributed by atoms with E-state index in [4.69, 9.17) is 5.73 Å². The molecule has 0 unspecified atom stereocenters. The summed E-state index contributed by atoms with van der Waals surface area (Å²) in [6, 6.07) is 5.94. The quantitative estimate of drug-likeness (QED) is 0.712. The van der Waals surface area contributed by atoms with Crippen LogP contribution < -0.4 is 5.73 Å². The number of pyridine rings is 2. The maximum Gasteiger partial charge on any atom is 0.182 e. The van der Waals surface area contributed by atoms with Crippen molar-refractivity contribution in [2.24, 2.45) is 0 Å². The average molecular weight is 242 g/mol. The Hall–Kier alpha value is -2.01. The number of anilines is 1. The molecular formula is C12H10N4S. The van der Waals surface area contributed by atoms with E-state index in [0.717, 1.165) is 27.2 Å². The topological polar surface area (TPSA) is 64.7 Å². The van der Waals surface area contributed by atoms with E-state index in [0.29, 0.717) is 5.13 Å². The van der Waals surface area contributed by atoms with Crippen molar-refractivity contribution in [3.05, 3.63) is 36.2 Å². The van der Waals surface area contributed by atoms with Gasteiger partial charge < -0.3 is 5.73 Å². The molecule has 0 amide bonds. The van der Waals surface area contributed by atoms with Crippen molar-refractivity contribution >= 4 is 26.8 Å². The molecule has 0 fully saturated rings. The first-order valence-corrected chi connectivity index (χ1v) is 5.99. The standard InChI is InChI=1S/C12H10N4S/c1-7-4-8(6-14-5-7)9-2-3-10-11(15-9)17-12(13)16-10/h2-6H,1H3,(H2,13,16). The van der Waals surface area contributed by atoms with Crippen LogP contribution in [-0.2, 0) is 0 Å². The van der Waals surface area contributed by atoms with Crippen LogP contribution in [0.2, 0.25) is 0 Å². The van der Waals surface area contributed by atoms with Crippen LogP contribution in [-0.4, -0.2) is 15.0 Å². The van der Waals surface area contributed by atoms with Crippen molar-refractivity contribution in [3.63, 3.8) is 0 Å². The lowest BCUT2D eigenvalue weighted by molar-refractivity contribution is 1.26. The van der Waals surface area contributed by atoms with E-state index in [2.05, 4.69) is 21.0 Å². The lowest BCUT2D eigenvalue weighted by Gasteiger charge is -2.00. The van der Waals surface area contributed by atoms with Gasteiger partial charge in [0.1, 0.15) is 10.3 Å². The summed E-state index contributed by atoms with van der Waals surface area (Å²) in [6.07, 6.45) is 3.64. The zero-order valence-corrected chi connectivity index (χ0v) is 10.0. The number of nitrogen functional groups attached to an aromatic ring is 1. The van der Waals surface area contributed by atoms with Gasteiger partial charge in [-0.25, -0.2) is 9.97 Å². The summed E-state index contributed by atoms with van der Waals surface area (Å²) in [5.74, 6) is 0. The van der Waals surface area contributed by atoms with Crippen LogP contribution in [0.3, 0.4) is 0 Å². The van der Waals surface area contributed by atoms with E-state index < -0.39 is 0 Å². The summed E-state index contributed by atoms with van der Waals surface area (Å²) >= 11 is 1.40. The molecule has 3 rings (SSSR count). The normalized spacial score (nSPS) is 10.9. The summed E-state index contributed by atoms with van der Waals surface area (Å²) in [6.45, 7) is 2.01. The number of hydrogen-bond donors (Lipinski definition) is 1. The first-order chi connectivity index (χ1) is 8.22. The molecule has 5 heteroatoms. The van der Waals surface area contributed by atoms with Crippen LogP contribution >= 0.6 is 11.3 Å². The Morgan fingerprint density at radius 1 is 1.18 bits per heavy atom. The van der Waals surface area contributed by atoms with Crippen molar-refractivity contribution in [2.75, 3.05) is 5.73 Å². The monoisotopic (exact) mass is 242 g/mol. The van der Waals surface area contributed by atoms with Gasteiger partial charge >= 0.3 is 0 Å². The molecule has 84 valence electrons. The second kappa shape index (κ2) is 3.78. The highest BCUT2D eigenvalue weighted by molar-refractivity contribution is 7.21. The molecule has 0 aliphatic carbocycles. The minimum Gasteiger partial charge on any atom is -0.375 e. The van der Waals surface area contributed by atoms with Gasteiger partial charge in [-0.15, -0.1) is 0 Å². The summed E-state index contributed by atoms with van der Waals surface area (Å²) in [5.41, 5.74) is 9.53. The third-order valence-electron chi connectivity index (χ3n) is 2.44. The number of nitrogens with two attached hydrogens (primary N) is 1. The van der Waals surface area contributed by atoms with Crippen LogP contribution in [0, 0.1) is 6.92 Å². The first kappa shape index (κ1) is 10.2. The van der Waals surface area contributed by atoms with E-state index >= 15 is 0 Å². The molecule has 0 bridgehead atoms. The predicted molar refractivity (Wildman–Crippen MR) is 69.8 cm³/mol. The molecule has 0 spiro atoms. The van der Waals surface area contributed by atoms with Gasteiger partial charge in [0.15, 0.2) is 5.13 Å². The fraction of sp³-hybridized carbons (Fsp3) is 0.0833. The van der Waals surface area contributed by atoms with Crippen LogP contribution in [0.4, 0.5) is 5.13 Å². The number of hydrogen-bond acceptors (Lipinski definition) is 5. The number of rotatable bonds is 1. The van der Waals surface area contributed by atoms with Crippen molar-refractivity contribution in [1.82, 2.24) is 15.0 Å². The highest BCUT2D eigenvalue weighted by Crippen LogP contribution is 2.25. The van der Waals surface area contributed by atoms with Crippen LogP contribution in [0.1, 0.15) is 5.56 Å². The van der Waals surface area contributed by atoms with Crippen LogP contribution in [0.15, 0.2) is 30.6 Å². The largest absolute Gasteiger partial charge is 0.375 e. The molecule has 2 N–H and O–H groups in total. The molecule has 0 aliphatic rings. The minimum absolute atomic E-state index is 0.548. The highest BCUT2D eigenvalue weighted by atomic mass is 32.1. The Kier molecular flexibility index (Phi) is 2.26. The molecule has 0 saturated heterocycles. The SMILES string of the molecule is Cc1cncc(-c2ccc3nc(N)sc3n2)c1. The third kappa shape index (κ3) is 1.85. The van der Waals surface area contributed by atoms with Gasteiger partial charge in [-0.05, 0) is 30.7 Å². The molecule has 17 heavy (non-hydrogen) atoms. The molecule has 3 heterocycles. The van der Waals surface area contributed by atoms with Crippen molar-refractivity contribution in [1.29, 1.82) is 0 Å². The average Bonchev–Trinajstić information content (AvgIpc) is 2.68. The Labute approximate surface area is 102 Å². The zero-order valence-electron chi connectivity index (χ0n) is 9.21. The molecule has 0 atom stereocenters.